The van der Waals surface area contributed by atoms with Gasteiger partial charge in [-0.05, 0) is 33.6 Å². The minimum absolute atomic E-state index is 0.200. The number of ether oxygens (including phenoxy) is 3. The molecule has 124 valence electrons. The number of methoxy groups -OCH3 is 1. The van der Waals surface area contributed by atoms with Gasteiger partial charge in [-0.15, -0.1) is 0 Å². The van der Waals surface area contributed by atoms with Gasteiger partial charge in [-0.1, -0.05) is 30.3 Å². The molecule has 1 heterocycles. The quantitative estimate of drug-likeness (QED) is 0.629. The largest absolute Gasteiger partial charge is 0.454 e. The smallest absolute Gasteiger partial charge is 0.273 e. The molecule has 0 radical (unpaired) electrons. The van der Waals surface area contributed by atoms with Crippen LogP contribution in [0.25, 0.3) is 0 Å². The fourth-order valence-corrected chi connectivity index (χ4v) is 2.70. The second kappa shape index (κ2) is 7.46. The molecule has 0 bridgehead atoms. The summed E-state index contributed by atoms with van der Waals surface area (Å²) >= 11 is 3.43. The predicted molar refractivity (Wildman–Crippen MR) is 92.2 cm³/mol. The van der Waals surface area contributed by atoms with Gasteiger partial charge in [0, 0.05) is 17.1 Å². The zero-order valence-electron chi connectivity index (χ0n) is 12.9. The van der Waals surface area contributed by atoms with Crippen LogP contribution in [0.15, 0.2) is 52.0 Å². The Morgan fingerprint density at radius 3 is 2.71 bits per heavy atom. The van der Waals surface area contributed by atoms with E-state index in [4.69, 9.17) is 14.2 Å². The molecule has 1 amide bonds. The first-order chi connectivity index (χ1) is 11.7. The van der Waals surface area contributed by atoms with Gasteiger partial charge < -0.3 is 14.2 Å². The molecular formula is C17H15BrN2O4. The number of hydrazone groups is 1. The lowest BCUT2D eigenvalue weighted by Gasteiger charge is -2.13. The molecule has 1 unspecified atom stereocenters. The third kappa shape index (κ3) is 3.58. The Kier molecular flexibility index (Phi) is 5.12. The molecule has 1 atom stereocenters. The second-order valence-corrected chi connectivity index (χ2v) is 5.84. The van der Waals surface area contributed by atoms with Gasteiger partial charge in [0.2, 0.25) is 6.79 Å². The molecule has 0 saturated heterocycles. The Hall–Kier alpha value is -2.38. The van der Waals surface area contributed by atoms with Crippen molar-refractivity contribution in [3.8, 4) is 11.5 Å². The van der Waals surface area contributed by atoms with Crippen LogP contribution >= 0.6 is 15.9 Å². The van der Waals surface area contributed by atoms with Crippen LogP contribution in [0.5, 0.6) is 11.5 Å². The van der Waals surface area contributed by atoms with E-state index in [0.29, 0.717) is 11.5 Å². The predicted octanol–water partition coefficient (Wildman–Crippen LogP) is 3.02. The molecule has 0 saturated carbocycles. The summed E-state index contributed by atoms with van der Waals surface area (Å²) < 4.78 is 16.7. The average molecular weight is 391 g/mol. The molecular weight excluding hydrogens is 376 g/mol. The first-order valence-electron chi connectivity index (χ1n) is 7.19. The van der Waals surface area contributed by atoms with Gasteiger partial charge in [0.05, 0.1) is 6.21 Å². The number of nitrogens with zero attached hydrogens (tertiary/aromatic N) is 1. The molecule has 0 spiro atoms. The number of carbonyl (C=O) groups excluding carboxylic acids is 1. The minimum Gasteiger partial charge on any atom is -0.454 e. The van der Waals surface area contributed by atoms with E-state index in [1.807, 2.05) is 30.3 Å². The zero-order valence-corrected chi connectivity index (χ0v) is 14.4. The van der Waals surface area contributed by atoms with Crippen LogP contribution in [0.3, 0.4) is 0 Å². The lowest BCUT2D eigenvalue weighted by Crippen LogP contribution is -2.26. The molecule has 24 heavy (non-hydrogen) atoms. The third-order valence-electron chi connectivity index (χ3n) is 3.45. The summed E-state index contributed by atoms with van der Waals surface area (Å²) in [7, 11) is 1.48. The molecule has 1 aliphatic heterocycles. The number of nitrogens with one attached hydrogen (secondary N) is 1. The normalized spacial score (nSPS) is 13.9. The first kappa shape index (κ1) is 16.5. The standard InChI is InChI=1S/C17H15BrN2O4/c1-22-16(11-5-3-2-4-6-11)17(21)20-19-9-12-7-14-15(8-13(12)18)24-10-23-14/h2-9,16H,10H2,1H3,(H,20,21)/b19-9+. The van der Waals surface area contributed by atoms with Crippen molar-refractivity contribution in [3.63, 3.8) is 0 Å². The molecule has 2 aromatic rings. The maximum atomic E-state index is 12.2. The molecule has 0 fully saturated rings. The topological polar surface area (TPSA) is 69.2 Å². The highest BCUT2D eigenvalue weighted by Gasteiger charge is 2.19. The van der Waals surface area contributed by atoms with E-state index in [9.17, 15) is 4.79 Å². The van der Waals surface area contributed by atoms with Gasteiger partial charge in [0.25, 0.3) is 5.91 Å². The van der Waals surface area contributed by atoms with E-state index in [0.717, 1.165) is 15.6 Å². The number of hydrogen-bond donors (Lipinski definition) is 1. The van der Waals surface area contributed by atoms with Crippen LogP contribution in [0.4, 0.5) is 0 Å². The number of carbonyl (C=O) groups is 1. The molecule has 3 rings (SSSR count). The summed E-state index contributed by atoms with van der Waals surface area (Å²) in [5.41, 5.74) is 4.01. The van der Waals surface area contributed by atoms with Crippen molar-refractivity contribution in [1.82, 2.24) is 5.43 Å². The maximum absolute atomic E-state index is 12.2. The van der Waals surface area contributed by atoms with Crippen LogP contribution in [-0.2, 0) is 9.53 Å². The monoisotopic (exact) mass is 390 g/mol. The highest BCUT2D eigenvalue weighted by atomic mass is 79.9. The van der Waals surface area contributed by atoms with Crippen molar-refractivity contribution in [2.24, 2.45) is 5.10 Å². The first-order valence-corrected chi connectivity index (χ1v) is 7.98. The molecule has 0 aromatic heterocycles. The van der Waals surface area contributed by atoms with E-state index >= 15 is 0 Å². The molecule has 1 aliphatic rings. The number of fused-ring (bicyclic) bond motifs is 1. The lowest BCUT2D eigenvalue weighted by atomic mass is 10.1. The van der Waals surface area contributed by atoms with Crippen LogP contribution in [0.2, 0.25) is 0 Å². The van der Waals surface area contributed by atoms with E-state index in [1.54, 1.807) is 12.1 Å². The Morgan fingerprint density at radius 1 is 1.29 bits per heavy atom. The van der Waals surface area contributed by atoms with Gasteiger partial charge in [-0.2, -0.15) is 5.10 Å². The number of benzene rings is 2. The van der Waals surface area contributed by atoms with Crippen molar-refractivity contribution in [2.45, 2.75) is 6.10 Å². The summed E-state index contributed by atoms with van der Waals surface area (Å²) in [5, 5.41) is 3.99. The molecule has 7 heteroatoms. The Bertz CT molecular complexity index is 765. The van der Waals surface area contributed by atoms with Crippen LogP contribution in [-0.4, -0.2) is 26.0 Å². The molecule has 6 nitrogen and oxygen atoms in total. The molecule has 0 aliphatic carbocycles. The van der Waals surface area contributed by atoms with Crippen molar-refractivity contribution in [2.75, 3.05) is 13.9 Å². The van der Waals surface area contributed by atoms with E-state index in [-0.39, 0.29) is 12.7 Å². The highest BCUT2D eigenvalue weighted by Crippen LogP contribution is 2.36. The molecule has 1 N–H and O–H groups in total. The van der Waals surface area contributed by atoms with Crippen molar-refractivity contribution < 1.29 is 19.0 Å². The summed E-state index contributed by atoms with van der Waals surface area (Å²) in [6.07, 6.45) is 0.810. The highest BCUT2D eigenvalue weighted by molar-refractivity contribution is 9.10. The summed E-state index contributed by atoms with van der Waals surface area (Å²) in [6, 6.07) is 12.8. The van der Waals surface area contributed by atoms with Crippen molar-refractivity contribution in [1.29, 1.82) is 0 Å². The SMILES string of the molecule is COC(C(=O)N/N=C/c1cc2c(cc1Br)OCO2)c1ccccc1. The van der Waals surface area contributed by atoms with Gasteiger partial charge in [-0.25, -0.2) is 5.43 Å². The summed E-state index contributed by atoms with van der Waals surface area (Å²) in [5.74, 6) is 0.966. The Balaban J connectivity index is 1.69. The molecule has 2 aromatic carbocycles. The van der Waals surface area contributed by atoms with Gasteiger partial charge >= 0.3 is 0 Å². The number of hydrogen-bond acceptors (Lipinski definition) is 5. The second-order valence-electron chi connectivity index (χ2n) is 4.99. The summed E-state index contributed by atoms with van der Waals surface area (Å²) in [4.78, 5) is 12.2. The fourth-order valence-electron chi connectivity index (χ4n) is 2.28. The van der Waals surface area contributed by atoms with Crippen LogP contribution in [0, 0.1) is 0 Å². The van der Waals surface area contributed by atoms with E-state index in [2.05, 4.69) is 26.5 Å². The Morgan fingerprint density at radius 2 is 2.00 bits per heavy atom. The third-order valence-corrected chi connectivity index (χ3v) is 4.13. The van der Waals surface area contributed by atoms with E-state index in [1.165, 1.54) is 13.3 Å². The van der Waals surface area contributed by atoms with Gasteiger partial charge in [0.1, 0.15) is 0 Å². The maximum Gasteiger partial charge on any atom is 0.273 e. The van der Waals surface area contributed by atoms with Crippen LogP contribution < -0.4 is 14.9 Å². The number of amides is 1. The average Bonchev–Trinajstić information content (AvgIpc) is 3.04. The van der Waals surface area contributed by atoms with Crippen molar-refractivity contribution in [3.05, 3.63) is 58.1 Å². The van der Waals surface area contributed by atoms with Crippen LogP contribution in [0.1, 0.15) is 17.2 Å². The zero-order chi connectivity index (χ0) is 16.9. The lowest BCUT2D eigenvalue weighted by molar-refractivity contribution is -0.131. The fraction of sp³-hybridized carbons (Fsp3) is 0.176. The van der Waals surface area contributed by atoms with E-state index < -0.39 is 6.10 Å². The van der Waals surface area contributed by atoms with Crippen molar-refractivity contribution >= 4 is 28.1 Å². The Labute approximate surface area is 147 Å². The summed E-state index contributed by atoms with van der Waals surface area (Å²) in [6.45, 7) is 0.200. The van der Waals surface area contributed by atoms with Gasteiger partial charge in [0.15, 0.2) is 17.6 Å². The number of rotatable bonds is 5. The number of halogens is 1. The minimum atomic E-state index is -0.719. The van der Waals surface area contributed by atoms with Gasteiger partial charge in [-0.3, -0.25) is 4.79 Å².